The fourth-order valence-electron chi connectivity index (χ4n) is 3.76. The van der Waals surface area contributed by atoms with Gasteiger partial charge in [-0.15, -0.1) is 24.0 Å². The summed E-state index contributed by atoms with van der Waals surface area (Å²) in [5, 5.41) is 11.9. The number of halogens is 1. The first kappa shape index (κ1) is 26.4. The maximum Gasteiger partial charge on any atom is 0.238 e. The minimum absolute atomic E-state index is 0. The van der Waals surface area contributed by atoms with Crippen LogP contribution in [0.2, 0.25) is 0 Å². The normalized spacial score (nSPS) is 15.7. The van der Waals surface area contributed by atoms with Crippen molar-refractivity contribution in [2.75, 3.05) is 33.8 Å². The Morgan fingerprint density at radius 2 is 1.84 bits per heavy atom. The highest BCUT2D eigenvalue weighted by Crippen LogP contribution is 2.27. The topological polar surface area (TPSA) is 109 Å². The van der Waals surface area contributed by atoms with Crippen LogP contribution in [0.4, 0.5) is 0 Å². The standard InChI is InChI=1S/C22H31N5O3S.HI/c1-24-22(25-15-17-8-10-20(11-9-17)31(23,28)29)26-16-21(27-12-3-4-13-27)18-6-5-7-19(14-18)30-2;/h5-11,14,21H,3-4,12-13,15-16H2,1-2H3,(H2,23,28,29)(H2,24,25,26);1H. The Labute approximate surface area is 207 Å². The number of hydrogen-bond donors (Lipinski definition) is 3. The number of nitrogens with zero attached hydrogens (tertiary/aromatic N) is 2. The highest BCUT2D eigenvalue weighted by molar-refractivity contribution is 14.0. The summed E-state index contributed by atoms with van der Waals surface area (Å²) in [5.74, 6) is 1.54. The molecule has 32 heavy (non-hydrogen) atoms. The number of methoxy groups -OCH3 is 1. The lowest BCUT2D eigenvalue weighted by Gasteiger charge is -2.29. The highest BCUT2D eigenvalue weighted by Gasteiger charge is 2.24. The van der Waals surface area contributed by atoms with Gasteiger partial charge in [-0.25, -0.2) is 13.6 Å². The second-order valence-electron chi connectivity index (χ2n) is 7.53. The van der Waals surface area contributed by atoms with Gasteiger partial charge in [0.25, 0.3) is 0 Å². The molecule has 1 heterocycles. The van der Waals surface area contributed by atoms with Crippen LogP contribution in [-0.4, -0.2) is 53.1 Å². The van der Waals surface area contributed by atoms with E-state index in [1.807, 2.05) is 12.1 Å². The Morgan fingerprint density at radius 3 is 2.44 bits per heavy atom. The van der Waals surface area contributed by atoms with Crippen LogP contribution in [0.25, 0.3) is 0 Å². The molecule has 0 amide bonds. The molecule has 1 unspecified atom stereocenters. The van der Waals surface area contributed by atoms with Gasteiger partial charge in [-0.05, 0) is 61.3 Å². The number of primary sulfonamides is 1. The smallest absolute Gasteiger partial charge is 0.238 e. The van der Waals surface area contributed by atoms with Crippen molar-refractivity contribution in [1.29, 1.82) is 0 Å². The van der Waals surface area contributed by atoms with Crippen molar-refractivity contribution < 1.29 is 13.2 Å². The first-order chi connectivity index (χ1) is 14.9. The maximum atomic E-state index is 11.4. The average Bonchev–Trinajstić information content (AvgIpc) is 3.30. The van der Waals surface area contributed by atoms with Crippen molar-refractivity contribution >= 4 is 40.0 Å². The lowest BCUT2D eigenvalue weighted by molar-refractivity contribution is 0.245. The zero-order chi connectivity index (χ0) is 22.3. The van der Waals surface area contributed by atoms with Gasteiger partial charge in [0, 0.05) is 20.1 Å². The van der Waals surface area contributed by atoms with E-state index < -0.39 is 10.0 Å². The van der Waals surface area contributed by atoms with E-state index in [1.54, 1.807) is 26.3 Å². The molecule has 1 fully saturated rings. The molecule has 1 aliphatic rings. The minimum atomic E-state index is -3.68. The summed E-state index contributed by atoms with van der Waals surface area (Å²) in [4.78, 5) is 6.91. The summed E-state index contributed by atoms with van der Waals surface area (Å²) in [7, 11) is -0.267. The number of benzene rings is 2. The fourth-order valence-corrected chi connectivity index (χ4v) is 4.27. The summed E-state index contributed by atoms with van der Waals surface area (Å²) >= 11 is 0. The van der Waals surface area contributed by atoms with Gasteiger partial charge in [0.15, 0.2) is 5.96 Å². The van der Waals surface area contributed by atoms with Gasteiger partial charge < -0.3 is 15.4 Å². The van der Waals surface area contributed by atoms with E-state index in [-0.39, 0.29) is 34.9 Å². The molecule has 8 nitrogen and oxygen atoms in total. The molecule has 2 aromatic rings. The predicted molar refractivity (Wildman–Crippen MR) is 138 cm³/mol. The summed E-state index contributed by atoms with van der Waals surface area (Å²) in [5.41, 5.74) is 2.14. The monoisotopic (exact) mass is 573 g/mol. The van der Waals surface area contributed by atoms with E-state index in [0.29, 0.717) is 19.0 Å². The summed E-state index contributed by atoms with van der Waals surface area (Å²) in [6, 6.07) is 14.9. The van der Waals surface area contributed by atoms with E-state index in [1.165, 1.54) is 30.5 Å². The van der Waals surface area contributed by atoms with Gasteiger partial charge in [-0.2, -0.15) is 0 Å². The van der Waals surface area contributed by atoms with Crippen LogP contribution in [-0.2, 0) is 16.6 Å². The van der Waals surface area contributed by atoms with Crippen LogP contribution >= 0.6 is 24.0 Å². The summed E-state index contributed by atoms with van der Waals surface area (Å²) < 4.78 is 28.2. The predicted octanol–water partition coefficient (Wildman–Crippen LogP) is 2.46. The van der Waals surface area contributed by atoms with Crippen molar-refractivity contribution in [2.24, 2.45) is 10.1 Å². The molecule has 0 aromatic heterocycles. The molecule has 1 aliphatic heterocycles. The third-order valence-electron chi connectivity index (χ3n) is 5.46. The van der Waals surface area contributed by atoms with Crippen LogP contribution in [0.3, 0.4) is 0 Å². The van der Waals surface area contributed by atoms with Crippen LogP contribution in [0, 0.1) is 0 Å². The van der Waals surface area contributed by atoms with Crippen molar-refractivity contribution in [2.45, 2.75) is 30.3 Å². The van der Waals surface area contributed by atoms with Gasteiger partial charge in [0.1, 0.15) is 5.75 Å². The van der Waals surface area contributed by atoms with Crippen LogP contribution < -0.4 is 20.5 Å². The number of likely N-dealkylation sites (tertiary alicyclic amines) is 1. The lowest BCUT2D eigenvalue weighted by atomic mass is 10.1. The van der Waals surface area contributed by atoms with Gasteiger partial charge in [-0.1, -0.05) is 24.3 Å². The third-order valence-corrected chi connectivity index (χ3v) is 6.39. The number of nitrogens with two attached hydrogens (primary N) is 1. The van der Waals surface area contributed by atoms with Crippen LogP contribution in [0.15, 0.2) is 58.4 Å². The number of sulfonamides is 1. The van der Waals surface area contributed by atoms with E-state index in [0.717, 1.165) is 24.4 Å². The number of ether oxygens (including phenoxy) is 1. The first-order valence-electron chi connectivity index (χ1n) is 10.3. The van der Waals surface area contributed by atoms with E-state index in [2.05, 4.69) is 32.7 Å². The van der Waals surface area contributed by atoms with Crippen molar-refractivity contribution in [1.82, 2.24) is 15.5 Å². The van der Waals surface area contributed by atoms with Crippen molar-refractivity contribution in [3.05, 3.63) is 59.7 Å². The molecule has 0 aliphatic carbocycles. The molecule has 10 heteroatoms. The minimum Gasteiger partial charge on any atom is -0.497 e. The molecule has 0 radical (unpaired) electrons. The number of aliphatic imine (C=N–C) groups is 1. The largest absolute Gasteiger partial charge is 0.497 e. The third kappa shape index (κ3) is 7.32. The first-order valence-corrected chi connectivity index (χ1v) is 11.9. The van der Waals surface area contributed by atoms with E-state index in [9.17, 15) is 8.42 Å². The maximum absolute atomic E-state index is 11.4. The SMILES string of the molecule is CN=C(NCc1ccc(S(N)(=O)=O)cc1)NCC(c1cccc(OC)c1)N1CCCC1.I. The molecular weight excluding hydrogens is 541 g/mol. The van der Waals surface area contributed by atoms with Gasteiger partial charge >= 0.3 is 0 Å². The molecular formula is C22H32IN5O3S. The number of hydrogen-bond acceptors (Lipinski definition) is 5. The molecule has 0 spiro atoms. The Hall–Kier alpha value is -1.89. The Bertz CT molecular complexity index is 993. The van der Waals surface area contributed by atoms with Gasteiger partial charge in [0.05, 0.1) is 18.0 Å². The van der Waals surface area contributed by atoms with Gasteiger partial charge in [0.2, 0.25) is 10.0 Å². The number of guanidine groups is 1. The molecule has 4 N–H and O–H groups in total. The molecule has 1 saturated heterocycles. The zero-order valence-corrected chi connectivity index (χ0v) is 21.6. The number of nitrogens with one attached hydrogen (secondary N) is 2. The average molecular weight is 574 g/mol. The fraction of sp³-hybridized carbons (Fsp3) is 0.409. The quantitative estimate of drug-likeness (QED) is 0.255. The van der Waals surface area contributed by atoms with Crippen LogP contribution in [0.1, 0.15) is 30.0 Å². The number of rotatable bonds is 8. The molecule has 176 valence electrons. The second kappa shape index (κ2) is 12.4. The zero-order valence-electron chi connectivity index (χ0n) is 18.5. The van der Waals surface area contributed by atoms with Crippen molar-refractivity contribution in [3.8, 4) is 5.75 Å². The molecule has 0 saturated carbocycles. The molecule has 2 aromatic carbocycles. The van der Waals surface area contributed by atoms with Crippen molar-refractivity contribution in [3.63, 3.8) is 0 Å². The van der Waals surface area contributed by atoms with E-state index in [4.69, 9.17) is 9.88 Å². The summed E-state index contributed by atoms with van der Waals surface area (Å²) in [6.45, 7) is 3.37. The Morgan fingerprint density at radius 1 is 1.16 bits per heavy atom. The second-order valence-corrected chi connectivity index (χ2v) is 9.09. The molecule has 0 bridgehead atoms. The van der Waals surface area contributed by atoms with Crippen LogP contribution in [0.5, 0.6) is 5.75 Å². The lowest BCUT2D eigenvalue weighted by Crippen LogP contribution is -2.42. The summed E-state index contributed by atoms with van der Waals surface area (Å²) in [6.07, 6.45) is 2.42. The molecule has 3 rings (SSSR count). The highest BCUT2D eigenvalue weighted by atomic mass is 127. The molecule has 1 atom stereocenters. The Balaban J connectivity index is 0.00000363. The van der Waals surface area contributed by atoms with E-state index >= 15 is 0 Å². The Kier molecular flexibility index (Phi) is 10.2. The van der Waals surface area contributed by atoms with Gasteiger partial charge in [-0.3, -0.25) is 9.89 Å².